The van der Waals surface area contributed by atoms with E-state index < -0.39 is 10.8 Å². The molecule has 0 spiro atoms. The van der Waals surface area contributed by atoms with Gasteiger partial charge in [0, 0.05) is 11.1 Å². The van der Waals surface area contributed by atoms with Crippen LogP contribution in [0.3, 0.4) is 0 Å². The number of nitrogens with zero attached hydrogens (tertiary/aromatic N) is 3. The first-order valence-corrected chi connectivity index (χ1v) is 11.2. The summed E-state index contributed by atoms with van der Waals surface area (Å²) in [7, 11) is 0. The molecule has 8 nitrogen and oxygen atoms in total. The zero-order valence-corrected chi connectivity index (χ0v) is 18.9. The summed E-state index contributed by atoms with van der Waals surface area (Å²) in [4.78, 5) is 41.2. The Labute approximate surface area is 197 Å². The van der Waals surface area contributed by atoms with Crippen LogP contribution in [0, 0.1) is 17.0 Å². The number of carbonyl (C=O) groups is 1. The number of halogens is 1. The zero-order valence-electron chi connectivity index (χ0n) is 17.3. The Morgan fingerprint density at radius 1 is 1.15 bits per heavy atom. The molecule has 0 atom stereocenters. The number of nitro groups is 1. The van der Waals surface area contributed by atoms with Crippen LogP contribution >= 0.6 is 23.4 Å². The highest BCUT2D eigenvalue weighted by molar-refractivity contribution is 7.99. The third-order valence-corrected chi connectivity index (χ3v) is 6.04. The first-order chi connectivity index (χ1) is 15.8. The molecule has 0 saturated carbocycles. The van der Waals surface area contributed by atoms with Gasteiger partial charge in [-0.05, 0) is 42.8 Å². The van der Waals surface area contributed by atoms with E-state index in [0.29, 0.717) is 21.7 Å². The van der Waals surface area contributed by atoms with Gasteiger partial charge in [0.2, 0.25) is 5.91 Å². The summed E-state index contributed by atoms with van der Waals surface area (Å²) >= 11 is 6.90. The molecule has 166 valence electrons. The van der Waals surface area contributed by atoms with Crippen LogP contribution in [-0.4, -0.2) is 26.1 Å². The van der Waals surface area contributed by atoms with E-state index in [1.165, 1.54) is 22.8 Å². The smallest absolute Gasteiger partial charge is 0.294 e. The summed E-state index contributed by atoms with van der Waals surface area (Å²) in [5.74, 6) is -0.597. The number of benzene rings is 3. The van der Waals surface area contributed by atoms with Gasteiger partial charge in [-0.3, -0.25) is 24.3 Å². The molecule has 1 heterocycles. The predicted octanol–water partition coefficient (Wildman–Crippen LogP) is 4.99. The summed E-state index contributed by atoms with van der Waals surface area (Å²) in [6.07, 6.45) is 0. The lowest BCUT2D eigenvalue weighted by molar-refractivity contribution is -0.383. The summed E-state index contributed by atoms with van der Waals surface area (Å²) in [6.45, 7) is 1.89. The van der Waals surface area contributed by atoms with Crippen molar-refractivity contribution in [3.63, 3.8) is 0 Å². The molecule has 33 heavy (non-hydrogen) atoms. The minimum absolute atomic E-state index is 0.0396. The van der Waals surface area contributed by atoms with E-state index in [0.717, 1.165) is 17.3 Å². The normalized spacial score (nSPS) is 10.8. The lowest BCUT2D eigenvalue weighted by atomic mass is 10.2. The molecule has 0 fully saturated rings. The standard InChI is InChI=1S/C23H17ClN4O4S/c1-14-6-2-5-9-19(14)27-22(30)16-7-3-4-8-17(16)26-23(27)33-13-21(29)25-18-11-10-15(24)12-20(18)28(31)32/h2-12H,13H2,1H3,(H,25,29). The van der Waals surface area contributed by atoms with Gasteiger partial charge in [-0.2, -0.15) is 0 Å². The third-order valence-electron chi connectivity index (χ3n) is 4.86. The molecular formula is C23H17ClN4O4S. The Hall–Kier alpha value is -3.69. The van der Waals surface area contributed by atoms with Gasteiger partial charge in [0.15, 0.2) is 5.16 Å². The second kappa shape index (κ2) is 9.43. The zero-order chi connectivity index (χ0) is 23.5. The molecule has 0 aliphatic carbocycles. The molecule has 0 aliphatic rings. The molecule has 1 N–H and O–H groups in total. The van der Waals surface area contributed by atoms with Crippen LogP contribution < -0.4 is 10.9 Å². The van der Waals surface area contributed by atoms with E-state index >= 15 is 0 Å². The first kappa shape index (κ1) is 22.5. The number of para-hydroxylation sites is 2. The van der Waals surface area contributed by atoms with Gasteiger partial charge in [-0.25, -0.2) is 4.98 Å². The van der Waals surface area contributed by atoms with Gasteiger partial charge in [-0.15, -0.1) is 0 Å². The lowest BCUT2D eigenvalue weighted by Crippen LogP contribution is -2.23. The van der Waals surface area contributed by atoms with Gasteiger partial charge in [0.05, 0.1) is 27.3 Å². The highest BCUT2D eigenvalue weighted by Gasteiger charge is 2.19. The number of fused-ring (bicyclic) bond motifs is 1. The van der Waals surface area contributed by atoms with Crippen molar-refractivity contribution in [2.75, 3.05) is 11.1 Å². The number of nitro benzene ring substituents is 1. The Balaban J connectivity index is 1.67. The molecule has 3 aromatic carbocycles. The highest BCUT2D eigenvalue weighted by atomic mass is 35.5. The Morgan fingerprint density at radius 2 is 1.88 bits per heavy atom. The van der Waals surface area contributed by atoms with E-state index in [9.17, 15) is 19.7 Å². The first-order valence-electron chi connectivity index (χ1n) is 9.79. The van der Waals surface area contributed by atoms with Crippen LogP contribution in [0.1, 0.15) is 5.56 Å². The molecule has 0 aliphatic heterocycles. The van der Waals surface area contributed by atoms with E-state index in [1.54, 1.807) is 24.3 Å². The van der Waals surface area contributed by atoms with Crippen molar-refractivity contribution in [3.8, 4) is 5.69 Å². The van der Waals surface area contributed by atoms with Crippen LogP contribution in [0.2, 0.25) is 5.02 Å². The van der Waals surface area contributed by atoms with E-state index in [4.69, 9.17) is 11.6 Å². The number of amides is 1. The molecule has 10 heteroatoms. The molecule has 4 aromatic rings. The number of hydrogen-bond donors (Lipinski definition) is 1. The maximum absolute atomic E-state index is 13.3. The third kappa shape index (κ3) is 4.74. The van der Waals surface area contributed by atoms with Gasteiger partial charge in [0.1, 0.15) is 5.69 Å². The fourth-order valence-electron chi connectivity index (χ4n) is 3.31. The van der Waals surface area contributed by atoms with Gasteiger partial charge in [0.25, 0.3) is 11.2 Å². The molecule has 0 radical (unpaired) electrons. The average molecular weight is 481 g/mol. The van der Waals surface area contributed by atoms with Crippen molar-refractivity contribution in [1.29, 1.82) is 0 Å². The minimum Gasteiger partial charge on any atom is -0.320 e. The molecule has 0 bridgehead atoms. The van der Waals surface area contributed by atoms with E-state index in [2.05, 4.69) is 10.3 Å². The average Bonchev–Trinajstić information content (AvgIpc) is 2.79. The quantitative estimate of drug-likeness (QED) is 0.180. The SMILES string of the molecule is Cc1ccccc1-n1c(SCC(=O)Nc2ccc(Cl)cc2[N+](=O)[O-])nc2ccccc2c1=O. The fraction of sp³-hybridized carbons (Fsp3) is 0.0870. The van der Waals surface area contributed by atoms with Crippen LogP contribution in [0.15, 0.2) is 76.7 Å². The summed E-state index contributed by atoms with van der Waals surface area (Å²) in [5, 5.41) is 14.8. The molecule has 4 rings (SSSR count). The maximum atomic E-state index is 13.3. The van der Waals surface area contributed by atoms with Gasteiger partial charge >= 0.3 is 0 Å². The van der Waals surface area contributed by atoms with Crippen molar-refractivity contribution in [1.82, 2.24) is 9.55 Å². The van der Waals surface area contributed by atoms with E-state index in [-0.39, 0.29) is 27.7 Å². The van der Waals surface area contributed by atoms with E-state index in [1.807, 2.05) is 31.2 Å². The van der Waals surface area contributed by atoms with Crippen molar-refractivity contribution in [2.24, 2.45) is 0 Å². The van der Waals surface area contributed by atoms with Crippen molar-refractivity contribution < 1.29 is 9.72 Å². The number of anilines is 1. The van der Waals surface area contributed by atoms with Crippen LogP contribution in [0.25, 0.3) is 16.6 Å². The molecule has 0 unspecified atom stereocenters. The number of thioether (sulfide) groups is 1. The van der Waals surface area contributed by atoms with Crippen molar-refractivity contribution in [2.45, 2.75) is 12.1 Å². The Bertz CT molecular complexity index is 1450. The second-order valence-corrected chi connectivity index (χ2v) is 8.47. The minimum atomic E-state index is -0.616. The van der Waals surface area contributed by atoms with Gasteiger partial charge < -0.3 is 5.32 Å². The number of hydrogen-bond acceptors (Lipinski definition) is 6. The summed E-state index contributed by atoms with van der Waals surface area (Å²) < 4.78 is 1.49. The van der Waals surface area contributed by atoms with Crippen LogP contribution in [0.5, 0.6) is 0 Å². The predicted molar refractivity (Wildman–Crippen MR) is 130 cm³/mol. The number of aromatic nitrogens is 2. The molecule has 0 saturated heterocycles. The Morgan fingerprint density at radius 3 is 2.64 bits per heavy atom. The number of carbonyl (C=O) groups excluding carboxylic acids is 1. The number of aryl methyl sites for hydroxylation is 1. The largest absolute Gasteiger partial charge is 0.320 e. The van der Waals surface area contributed by atoms with Crippen molar-refractivity contribution >= 4 is 51.5 Å². The van der Waals surface area contributed by atoms with Crippen LogP contribution in [-0.2, 0) is 4.79 Å². The van der Waals surface area contributed by atoms with Gasteiger partial charge in [-0.1, -0.05) is 53.7 Å². The summed E-state index contributed by atoms with van der Waals surface area (Å²) in [5.41, 5.74) is 1.55. The number of rotatable bonds is 6. The fourth-order valence-corrected chi connectivity index (χ4v) is 4.29. The lowest BCUT2D eigenvalue weighted by Gasteiger charge is -2.15. The summed E-state index contributed by atoms with van der Waals surface area (Å²) in [6, 6.07) is 18.4. The molecule has 1 amide bonds. The topological polar surface area (TPSA) is 107 Å². The van der Waals surface area contributed by atoms with Crippen LogP contribution in [0.4, 0.5) is 11.4 Å². The highest BCUT2D eigenvalue weighted by Crippen LogP contribution is 2.28. The van der Waals surface area contributed by atoms with Crippen molar-refractivity contribution in [3.05, 3.63) is 97.8 Å². The molecule has 1 aromatic heterocycles. The molecular weight excluding hydrogens is 464 g/mol. The second-order valence-electron chi connectivity index (χ2n) is 7.09. The maximum Gasteiger partial charge on any atom is 0.294 e. The number of nitrogens with one attached hydrogen (secondary N) is 1. The Kier molecular flexibility index (Phi) is 6.43. The monoisotopic (exact) mass is 480 g/mol.